The van der Waals surface area contributed by atoms with Crippen LogP contribution in [0.3, 0.4) is 0 Å². The quantitative estimate of drug-likeness (QED) is 0.427. The molecule has 1 rings (SSSR count). The molecule has 5 nitrogen and oxygen atoms in total. The van der Waals surface area contributed by atoms with E-state index in [1.165, 1.54) is 0 Å². The Morgan fingerprint density at radius 3 is 2.69 bits per heavy atom. The van der Waals surface area contributed by atoms with Crippen molar-refractivity contribution >= 4 is 0 Å². The first-order chi connectivity index (χ1) is 7.45. The largest absolute Gasteiger partial charge is 0.418 e. The van der Waals surface area contributed by atoms with E-state index in [0.717, 1.165) is 7.11 Å². The van der Waals surface area contributed by atoms with Crippen molar-refractivity contribution in [2.75, 3.05) is 33.3 Å². The molecule has 0 amide bonds. The fourth-order valence-corrected chi connectivity index (χ4v) is 1.79. The van der Waals surface area contributed by atoms with E-state index < -0.39 is 11.8 Å². The summed E-state index contributed by atoms with van der Waals surface area (Å²) in [6.45, 7) is 0.599. The Morgan fingerprint density at radius 2 is 2.25 bits per heavy atom. The zero-order valence-electron chi connectivity index (χ0n) is 8.87. The minimum atomic E-state index is -4.37. The molecule has 1 saturated heterocycles. The Kier molecular flexibility index (Phi) is 4.01. The van der Waals surface area contributed by atoms with E-state index in [9.17, 15) is 13.2 Å². The number of alkyl halides is 3. The molecule has 1 atom stereocenters. The number of rotatable bonds is 4. The molecule has 0 aromatic rings. The number of hydrogen-bond acceptors (Lipinski definition) is 3. The van der Waals surface area contributed by atoms with Crippen molar-refractivity contribution in [2.45, 2.75) is 18.2 Å². The van der Waals surface area contributed by atoms with Gasteiger partial charge in [-0.2, -0.15) is 13.2 Å². The van der Waals surface area contributed by atoms with E-state index in [0.29, 0.717) is 13.1 Å². The van der Waals surface area contributed by atoms with Gasteiger partial charge in [-0.05, 0) is 12.0 Å². The van der Waals surface area contributed by atoms with Crippen molar-refractivity contribution in [3.8, 4) is 0 Å². The molecule has 0 saturated carbocycles. The molecule has 1 heterocycles. The summed E-state index contributed by atoms with van der Waals surface area (Å²) in [4.78, 5) is 4.14. The molecule has 0 aliphatic carbocycles. The molecule has 0 N–H and O–H groups in total. The zero-order chi connectivity index (χ0) is 12.2. The van der Waals surface area contributed by atoms with Crippen molar-refractivity contribution < 1.29 is 17.9 Å². The van der Waals surface area contributed by atoms with Gasteiger partial charge in [0.25, 0.3) is 0 Å². The van der Waals surface area contributed by atoms with Gasteiger partial charge < -0.3 is 4.74 Å². The van der Waals surface area contributed by atoms with Gasteiger partial charge in [-0.1, -0.05) is 5.11 Å². The number of hydrogen-bond donors (Lipinski definition) is 0. The molecule has 0 bridgehead atoms. The number of nitrogens with zero attached hydrogens (tertiary/aromatic N) is 4. The van der Waals surface area contributed by atoms with Crippen LogP contribution in [0.1, 0.15) is 6.42 Å². The fourth-order valence-electron chi connectivity index (χ4n) is 1.79. The van der Waals surface area contributed by atoms with Gasteiger partial charge in [-0.15, -0.1) is 0 Å². The Hall–Kier alpha value is -0.980. The fraction of sp³-hybridized carbons (Fsp3) is 1.00. The molecule has 1 unspecified atom stereocenters. The van der Waals surface area contributed by atoms with Gasteiger partial charge in [-0.3, -0.25) is 4.90 Å². The van der Waals surface area contributed by atoms with E-state index in [2.05, 4.69) is 14.8 Å². The monoisotopic (exact) mass is 238 g/mol. The van der Waals surface area contributed by atoms with Crippen LogP contribution in [0.4, 0.5) is 13.2 Å². The van der Waals surface area contributed by atoms with Gasteiger partial charge in [0.2, 0.25) is 0 Å². The summed E-state index contributed by atoms with van der Waals surface area (Å²) in [5.74, 6) is 0. The highest BCUT2D eigenvalue weighted by atomic mass is 19.4. The standard InChI is InChI=1S/C8H13F3N4O/c1-16-7(8(9,10)11)2-4-15(6-7)5-3-13-14-12/h2-6H2,1H3. The lowest BCUT2D eigenvalue weighted by Gasteiger charge is -2.30. The number of likely N-dealkylation sites (tertiary alicyclic amines) is 1. The molecule has 0 radical (unpaired) electrons. The molecule has 1 aliphatic heterocycles. The Bertz CT molecular complexity index is 289. The van der Waals surface area contributed by atoms with E-state index in [1.54, 1.807) is 4.90 Å². The van der Waals surface area contributed by atoms with Gasteiger partial charge >= 0.3 is 6.18 Å². The molecule has 0 spiro atoms. The number of methoxy groups -OCH3 is 1. The summed E-state index contributed by atoms with van der Waals surface area (Å²) >= 11 is 0. The van der Waals surface area contributed by atoms with E-state index >= 15 is 0 Å². The maximum atomic E-state index is 12.7. The van der Waals surface area contributed by atoms with Crippen LogP contribution in [0.15, 0.2) is 5.11 Å². The minimum Gasteiger partial charge on any atom is -0.367 e. The van der Waals surface area contributed by atoms with Crippen molar-refractivity contribution in [3.05, 3.63) is 10.4 Å². The SMILES string of the molecule is COC1(C(F)(F)F)CCN(CCN=[N+]=[N-])C1. The third-order valence-electron chi connectivity index (χ3n) is 2.80. The second-order valence-corrected chi connectivity index (χ2v) is 3.68. The van der Waals surface area contributed by atoms with Crippen molar-refractivity contribution in [2.24, 2.45) is 5.11 Å². The van der Waals surface area contributed by atoms with Crippen LogP contribution in [-0.4, -0.2) is 50.0 Å². The first kappa shape index (κ1) is 13.1. The molecule has 8 heteroatoms. The minimum absolute atomic E-state index is 0.0801. The summed E-state index contributed by atoms with van der Waals surface area (Å²) in [6.07, 6.45) is -4.45. The smallest absolute Gasteiger partial charge is 0.367 e. The summed E-state index contributed by atoms with van der Waals surface area (Å²) in [6, 6.07) is 0. The number of halogens is 3. The lowest BCUT2D eigenvalue weighted by atomic mass is 10.0. The van der Waals surface area contributed by atoms with Crippen LogP contribution in [0.25, 0.3) is 10.4 Å². The maximum Gasteiger partial charge on any atom is 0.418 e. The lowest BCUT2D eigenvalue weighted by Crippen LogP contribution is -2.49. The van der Waals surface area contributed by atoms with Crippen LogP contribution in [0, 0.1) is 0 Å². The molecule has 0 aromatic heterocycles. The summed E-state index contributed by atoms with van der Waals surface area (Å²) in [5.41, 5.74) is 5.99. The van der Waals surface area contributed by atoms with Crippen molar-refractivity contribution in [1.82, 2.24) is 4.90 Å². The van der Waals surface area contributed by atoms with E-state index in [4.69, 9.17) is 5.53 Å². The molecule has 0 aromatic carbocycles. The van der Waals surface area contributed by atoms with E-state index in [1.807, 2.05) is 0 Å². The molecular weight excluding hydrogens is 225 g/mol. The van der Waals surface area contributed by atoms with Crippen LogP contribution >= 0.6 is 0 Å². The van der Waals surface area contributed by atoms with Gasteiger partial charge in [-0.25, -0.2) is 0 Å². The average Bonchev–Trinajstić information content (AvgIpc) is 2.62. The van der Waals surface area contributed by atoms with Crippen LogP contribution in [0.5, 0.6) is 0 Å². The van der Waals surface area contributed by atoms with Gasteiger partial charge in [0.05, 0.1) is 0 Å². The molecule has 16 heavy (non-hydrogen) atoms. The van der Waals surface area contributed by atoms with Crippen molar-refractivity contribution in [3.63, 3.8) is 0 Å². The lowest BCUT2D eigenvalue weighted by molar-refractivity contribution is -0.263. The van der Waals surface area contributed by atoms with E-state index in [-0.39, 0.29) is 19.5 Å². The molecular formula is C8H13F3N4O. The first-order valence-corrected chi connectivity index (χ1v) is 4.80. The third kappa shape index (κ3) is 2.58. The number of ether oxygens (including phenoxy) is 1. The van der Waals surface area contributed by atoms with Crippen LogP contribution < -0.4 is 0 Å². The average molecular weight is 238 g/mol. The highest BCUT2D eigenvalue weighted by Crippen LogP contribution is 2.40. The normalized spacial score (nSPS) is 26.8. The highest BCUT2D eigenvalue weighted by Gasteiger charge is 2.58. The maximum absolute atomic E-state index is 12.7. The van der Waals surface area contributed by atoms with Crippen LogP contribution in [-0.2, 0) is 4.74 Å². The third-order valence-corrected chi connectivity index (χ3v) is 2.80. The molecule has 1 aliphatic rings. The van der Waals surface area contributed by atoms with Crippen LogP contribution in [0.2, 0.25) is 0 Å². The van der Waals surface area contributed by atoms with Crippen molar-refractivity contribution in [1.29, 1.82) is 0 Å². The van der Waals surface area contributed by atoms with Gasteiger partial charge in [0, 0.05) is 38.2 Å². The first-order valence-electron chi connectivity index (χ1n) is 4.80. The molecule has 1 fully saturated rings. The second kappa shape index (κ2) is 4.90. The summed E-state index contributed by atoms with van der Waals surface area (Å²) < 4.78 is 42.9. The predicted octanol–water partition coefficient (Wildman–Crippen LogP) is 1.95. The second-order valence-electron chi connectivity index (χ2n) is 3.68. The Morgan fingerprint density at radius 1 is 1.56 bits per heavy atom. The summed E-state index contributed by atoms with van der Waals surface area (Å²) in [5, 5.41) is 3.29. The Balaban J connectivity index is 2.58. The van der Waals surface area contributed by atoms with Gasteiger partial charge in [0.15, 0.2) is 5.60 Å². The highest BCUT2D eigenvalue weighted by molar-refractivity contribution is 4.97. The zero-order valence-corrected chi connectivity index (χ0v) is 8.87. The topological polar surface area (TPSA) is 61.2 Å². The Labute approximate surface area is 90.8 Å². The molecule has 92 valence electrons. The predicted molar refractivity (Wildman–Crippen MR) is 50.9 cm³/mol. The van der Waals surface area contributed by atoms with Gasteiger partial charge in [0.1, 0.15) is 0 Å². The summed E-state index contributed by atoms with van der Waals surface area (Å²) in [7, 11) is 1.07. The number of azide groups is 1.